The fraction of sp³-hybridized carbons (Fsp3) is 0.0833. The van der Waals surface area contributed by atoms with Crippen LogP contribution in [0.4, 0.5) is 10.1 Å². The number of nitriles is 1. The van der Waals surface area contributed by atoms with Crippen molar-refractivity contribution in [3.63, 3.8) is 0 Å². The number of rotatable bonds is 1. The number of hydrogen-bond acceptors (Lipinski definition) is 3. The first-order chi connectivity index (χ1) is 7.61. The average molecular weight is 232 g/mol. The summed E-state index contributed by atoms with van der Waals surface area (Å²) >= 11 is 1.32. The van der Waals surface area contributed by atoms with E-state index in [4.69, 9.17) is 11.0 Å². The van der Waals surface area contributed by atoms with E-state index in [1.807, 2.05) is 6.07 Å². The maximum absolute atomic E-state index is 13.1. The van der Waals surface area contributed by atoms with Crippen LogP contribution in [0.5, 0.6) is 0 Å². The van der Waals surface area contributed by atoms with Crippen molar-refractivity contribution in [2.45, 2.75) is 6.92 Å². The van der Waals surface area contributed by atoms with Gasteiger partial charge in [-0.3, -0.25) is 0 Å². The smallest absolute Gasteiger partial charge is 0.128 e. The standard InChI is InChI=1S/C12H9FN2S/c1-7-4-8(2-3-9(7)13)11-5-10(15)12(6-14)16-11/h2-5H,15H2,1H3. The number of anilines is 1. The number of aryl methyl sites for hydroxylation is 1. The van der Waals surface area contributed by atoms with Crippen LogP contribution in [0.1, 0.15) is 10.4 Å². The average Bonchev–Trinajstić information content (AvgIpc) is 2.64. The molecule has 2 rings (SSSR count). The van der Waals surface area contributed by atoms with Crippen molar-refractivity contribution in [1.29, 1.82) is 5.26 Å². The zero-order chi connectivity index (χ0) is 11.7. The summed E-state index contributed by atoms with van der Waals surface area (Å²) in [6.07, 6.45) is 0. The molecule has 0 unspecified atom stereocenters. The molecule has 4 heteroatoms. The lowest BCUT2D eigenvalue weighted by Crippen LogP contribution is -1.83. The van der Waals surface area contributed by atoms with Gasteiger partial charge in [-0.25, -0.2) is 4.39 Å². The summed E-state index contributed by atoms with van der Waals surface area (Å²) in [6, 6.07) is 8.64. The summed E-state index contributed by atoms with van der Waals surface area (Å²) in [5.74, 6) is -0.228. The highest BCUT2D eigenvalue weighted by atomic mass is 32.1. The molecule has 2 N–H and O–H groups in total. The van der Waals surface area contributed by atoms with Crippen molar-refractivity contribution in [3.05, 3.63) is 40.5 Å². The molecule has 0 amide bonds. The first-order valence-corrected chi connectivity index (χ1v) is 5.49. The van der Waals surface area contributed by atoms with Crippen LogP contribution < -0.4 is 5.73 Å². The Morgan fingerprint density at radius 3 is 2.69 bits per heavy atom. The van der Waals surface area contributed by atoms with Gasteiger partial charge >= 0.3 is 0 Å². The molecule has 1 aromatic carbocycles. The molecule has 0 atom stereocenters. The Labute approximate surface area is 96.8 Å². The van der Waals surface area contributed by atoms with Crippen molar-refractivity contribution < 1.29 is 4.39 Å². The Bertz CT molecular complexity index is 581. The third-order valence-electron chi connectivity index (χ3n) is 2.30. The van der Waals surface area contributed by atoms with E-state index in [0.29, 0.717) is 16.1 Å². The summed E-state index contributed by atoms with van der Waals surface area (Å²) in [7, 11) is 0. The zero-order valence-electron chi connectivity index (χ0n) is 8.62. The van der Waals surface area contributed by atoms with Gasteiger partial charge in [-0.2, -0.15) is 5.26 Å². The van der Waals surface area contributed by atoms with E-state index in [0.717, 1.165) is 10.4 Å². The normalized spacial score (nSPS) is 10.1. The number of nitrogens with two attached hydrogens (primary N) is 1. The molecule has 16 heavy (non-hydrogen) atoms. The van der Waals surface area contributed by atoms with Crippen molar-refractivity contribution in [2.75, 3.05) is 5.73 Å². The predicted molar refractivity (Wildman–Crippen MR) is 63.6 cm³/mol. The minimum atomic E-state index is -0.228. The summed E-state index contributed by atoms with van der Waals surface area (Å²) < 4.78 is 13.1. The molecule has 0 aliphatic carbocycles. The molecule has 0 aliphatic heterocycles. The van der Waals surface area contributed by atoms with Crippen LogP contribution in [0.2, 0.25) is 0 Å². The van der Waals surface area contributed by atoms with Crippen molar-refractivity contribution in [2.24, 2.45) is 0 Å². The Morgan fingerprint density at radius 2 is 2.12 bits per heavy atom. The molecular weight excluding hydrogens is 223 g/mol. The summed E-state index contributed by atoms with van der Waals surface area (Å²) in [4.78, 5) is 1.38. The van der Waals surface area contributed by atoms with Crippen LogP contribution in [0.25, 0.3) is 10.4 Å². The molecule has 2 nitrogen and oxygen atoms in total. The fourth-order valence-corrected chi connectivity index (χ4v) is 2.31. The van der Waals surface area contributed by atoms with E-state index in [-0.39, 0.29) is 5.82 Å². The predicted octanol–water partition coefficient (Wildman–Crippen LogP) is 3.32. The van der Waals surface area contributed by atoms with E-state index in [9.17, 15) is 4.39 Å². The van der Waals surface area contributed by atoms with Crippen LogP contribution in [0, 0.1) is 24.1 Å². The van der Waals surface area contributed by atoms with Gasteiger partial charge in [0.2, 0.25) is 0 Å². The Morgan fingerprint density at radius 1 is 1.38 bits per heavy atom. The lowest BCUT2D eigenvalue weighted by Gasteiger charge is -2.00. The van der Waals surface area contributed by atoms with Crippen LogP contribution >= 0.6 is 11.3 Å². The van der Waals surface area contributed by atoms with Gasteiger partial charge in [0.15, 0.2) is 0 Å². The first-order valence-electron chi connectivity index (χ1n) is 4.67. The molecule has 0 radical (unpaired) electrons. The highest BCUT2D eigenvalue weighted by Gasteiger charge is 2.08. The number of hydrogen-bond donors (Lipinski definition) is 1. The minimum absolute atomic E-state index is 0.228. The largest absolute Gasteiger partial charge is 0.397 e. The maximum Gasteiger partial charge on any atom is 0.128 e. The summed E-state index contributed by atoms with van der Waals surface area (Å²) in [6.45, 7) is 1.71. The molecule has 0 saturated heterocycles. The van der Waals surface area contributed by atoms with E-state index in [1.54, 1.807) is 25.1 Å². The summed E-state index contributed by atoms with van der Waals surface area (Å²) in [5.41, 5.74) is 7.62. The first kappa shape index (κ1) is 10.7. The molecular formula is C12H9FN2S. The molecule has 0 saturated carbocycles. The topological polar surface area (TPSA) is 49.8 Å². The SMILES string of the molecule is Cc1cc(-c2cc(N)c(C#N)s2)ccc1F. The zero-order valence-corrected chi connectivity index (χ0v) is 9.44. The number of benzene rings is 1. The molecule has 0 fully saturated rings. The second-order valence-corrected chi connectivity index (χ2v) is 4.52. The van der Waals surface area contributed by atoms with Gasteiger partial charge in [-0.1, -0.05) is 6.07 Å². The number of halogens is 1. The highest BCUT2D eigenvalue weighted by Crippen LogP contribution is 2.33. The third kappa shape index (κ3) is 1.77. The van der Waals surface area contributed by atoms with Crippen LogP contribution in [-0.4, -0.2) is 0 Å². The highest BCUT2D eigenvalue weighted by molar-refractivity contribution is 7.16. The summed E-state index contributed by atoms with van der Waals surface area (Å²) in [5, 5.41) is 8.80. The second kappa shape index (κ2) is 3.95. The Hall–Kier alpha value is -1.86. The van der Waals surface area contributed by atoms with Gasteiger partial charge in [0.1, 0.15) is 16.8 Å². The Kier molecular flexibility index (Phi) is 2.63. The maximum atomic E-state index is 13.1. The lowest BCUT2D eigenvalue weighted by atomic mass is 10.1. The Balaban J connectivity index is 2.51. The van der Waals surface area contributed by atoms with E-state index in [1.165, 1.54) is 17.4 Å². The monoisotopic (exact) mass is 232 g/mol. The van der Waals surface area contributed by atoms with Crippen molar-refractivity contribution in [3.8, 4) is 16.5 Å². The van der Waals surface area contributed by atoms with E-state index < -0.39 is 0 Å². The van der Waals surface area contributed by atoms with Crippen LogP contribution in [0.15, 0.2) is 24.3 Å². The minimum Gasteiger partial charge on any atom is -0.397 e. The number of thiophene rings is 1. The lowest BCUT2D eigenvalue weighted by molar-refractivity contribution is 0.619. The van der Waals surface area contributed by atoms with Gasteiger partial charge < -0.3 is 5.73 Å². The van der Waals surface area contributed by atoms with Gasteiger partial charge in [-0.05, 0) is 36.2 Å². The van der Waals surface area contributed by atoms with Gasteiger partial charge in [0, 0.05) is 4.88 Å². The van der Waals surface area contributed by atoms with Gasteiger partial charge in [-0.15, -0.1) is 11.3 Å². The van der Waals surface area contributed by atoms with Crippen LogP contribution in [-0.2, 0) is 0 Å². The van der Waals surface area contributed by atoms with Crippen molar-refractivity contribution in [1.82, 2.24) is 0 Å². The molecule has 0 spiro atoms. The van der Waals surface area contributed by atoms with Gasteiger partial charge in [0.25, 0.3) is 0 Å². The molecule has 1 aromatic heterocycles. The van der Waals surface area contributed by atoms with Crippen LogP contribution in [0.3, 0.4) is 0 Å². The van der Waals surface area contributed by atoms with E-state index >= 15 is 0 Å². The number of nitrogen functional groups attached to an aromatic ring is 1. The van der Waals surface area contributed by atoms with Gasteiger partial charge in [0.05, 0.1) is 5.69 Å². The molecule has 2 aromatic rings. The molecule has 80 valence electrons. The third-order valence-corrected chi connectivity index (χ3v) is 3.41. The van der Waals surface area contributed by atoms with E-state index in [2.05, 4.69) is 0 Å². The molecule has 0 aliphatic rings. The quantitative estimate of drug-likeness (QED) is 0.820. The second-order valence-electron chi connectivity index (χ2n) is 3.47. The fourth-order valence-electron chi connectivity index (χ4n) is 1.43. The number of nitrogens with zero attached hydrogens (tertiary/aromatic N) is 1. The molecule has 0 bridgehead atoms. The molecule has 1 heterocycles. The van der Waals surface area contributed by atoms with Crippen molar-refractivity contribution >= 4 is 17.0 Å².